The predicted octanol–water partition coefficient (Wildman–Crippen LogP) is -0.396. The Balaban J connectivity index is 1.83. The maximum absolute atomic E-state index is 12.9. The lowest BCUT2D eigenvalue weighted by molar-refractivity contribution is 0.382. The van der Waals surface area contributed by atoms with Crippen LogP contribution in [0.4, 0.5) is 5.69 Å². The second-order valence-electron chi connectivity index (χ2n) is 6.34. The minimum absolute atomic E-state index is 0.242. The molecule has 0 radical (unpaired) electrons. The lowest BCUT2D eigenvalue weighted by Gasteiger charge is -2.35. The molecule has 2 heterocycles. The van der Waals surface area contributed by atoms with Gasteiger partial charge in [-0.05, 0) is 12.1 Å². The lowest BCUT2D eigenvalue weighted by Crippen LogP contribution is -2.50. The first-order valence-electron chi connectivity index (χ1n) is 8.41. The Morgan fingerprint density at radius 2 is 1.70 bits per heavy atom. The fourth-order valence-electron chi connectivity index (χ4n) is 3.08. The molecule has 10 heteroatoms. The molecular formula is C17H22N4O5S. The van der Waals surface area contributed by atoms with Crippen LogP contribution < -0.4 is 20.9 Å². The van der Waals surface area contributed by atoms with E-state index >= 15 is 0 Å². The molecule has 27 heavy (non-hydrogen) atoms. The summed E-state index contributed by atoms with van der Waals surface area (Å²) in [5.41, 5.74) is -0.431. The molecule has 9 nitrogen and oxygen atoms in total. The van der Waals surface area contributed by atoms with E-state index < -0.39 is 21.3 Å². The van der Waals surface area contributed by atoms with Crippen molar-refractivity contribution in [1.82, 2.24) is 13.4 Å². The number of hydrogen-bond donors (Lipinski definition) is 0. The molecule has 2 aromatic rings. The molecule has 0 N–H and O–H groups in total. The van der Waals surface area contributed by atoms with E-state index in [1.807, 2.05) is 24.3 Å². The normalized spacial score (nSPS) is 15.7. The zero-order valence-corrected chi connectivity index (χ0v) is 16.3. The first kappa shape index (κ1) is 19.2. The van der Waals surface area contributed by atoms with E-state index in [1.54, 1.807) is 7.11 Å². The van der Waals surface area contributed by atoms with E-state index in [0.29, 0.717) is 13.1 Å². The van der Waals surface area contributed by atoms with E-state index in [1.165, 1.54) is 18.4 Å². The van der Waals surface area contributed by atoms with Gasteiger partial charge in [-0.2, -0.15) is 4.31 Å². The average Bonchev–Trinajstić information content (AvgIpc) is 2.69. The molecule has 0 saturated carbocycles. The Morgan fingerprint density at radius 3 is 2.33 bits per heavy atom. The van der Waals surface area contributed by atoms with E-state index in [-0.39, 0.29) is 18.0 Å². The molecule has 1 fully saturated rings. The van der Waals surface area contributed by atoms with Crippen molar-refractivity contribution < 1.29 is 13.2 Å². The average molecular weight is 394 g/mol. The third-order valence-corrected chi connectivity index (χ3v) is 6.57. The highest BCUT2D eigenvalue weighted by Gasteiger charge is 2.31. The van der Waals surface area contributed by atoms with Gasteiger partial charge in [0.15, 0.2) is 4.90 Å². The molecule has 1 saturated heterocycles. The molecule has 1 aliphatic rings. The number of hydrogen-bond acceptors (Lipinski definition) is 6. The molecule has 1 aromatic heterocycles. The van der Waals surface area contributed by atoms with E-state index in [9.17, 15) is 18.0 Å². The van der Waals surface area contributed by atoms with E-state index in [2.05, 4.69) is 4.90 Å². The van der Waals surface area contributed by atoms with Gasteiger partial charge in [0, 0.05) is 58.2 Å². The molecule has 0 spiro atoms. The molecule has 0 bridgehead atoms. The number of sulfonamides is 1. The van der Waals surface area contributed by atoms with Gasteiger partial charge in [0.25, 0.3) is 5.56 Å². The molecule has 0 aliphatic carbocycles. The van der Waals surface area contributed by atoms with Crippen LogP contribution in [0.3, 0.4) is 0 Å². The summed E-state index contributed by atoms with van der Waals surface area (Å²) in [6.45, 7) is 1.45. The van der Waals surface area contributed by atoms with Crippen LogP contribution in [0.2, 0.25) is 0 Å². The number of ether oxygens (including phenoxy) is 1. The van der Waals surface area contributed by atoms with Gasteiger partial charge in [-0.25, -0.2) is 13.2 Å². The van der Waals surface area contributed by atoms with Crippen molar-refractivity contribution in [2.24, 2.45) is 14.1 Å². The standard InChI is InChI=1S/C17H22N4O5S/c1-18-12-15(16(22)19(2)17(18)23)27(24,25)21-9-7-20(8-10-21)13-5-4-6-14(11-13)26-3/h4-6,11-12H,7-10H2,1-3H3. The molecule has 0 atom stereocenters. The summed E-state index contributed by atoms with van der Waals surface area (Å²) in [4.78, 5) is 25.8. The maximum atomic E-state index is 12.9. The fraction of sp³-hybridized carbons (Fsp3) is 0.412. The van der Waals surface area contributed by atoms with Crippen molar-refractivity contribution in [2.75, 3.05) is 38.2 Å². The Labute approximate surface area is 157 Å². The zero-order chi connectivity index (χ0) is 19.8. The second-order valence-corrected chi connectivity index (χ2v) is 8.25. The van der Waals surface area contributed by atoms with Gasteiger partial charge in [0.05, 0.1) is 7.11 Å². The first-order chi connectivity index (χ1) is 12.8. The third kappa shape index (κ3) is 3.50. The lowest BCUT2D eigenvalue weighted by atomic mass is 10.2. The molecule has 3 rings (SSSR count). The van der Waals surface area contributed by atoms with Gasteiger partial charge < -0.3 is 14.2 Å². The van der Waals surface area contributed by atoms with Crippen LogP contribution in [-0.2, 0) is 24.1 Å². The number of methoxy groups -OCH3 is 1. The van der Waals surface area contributed by atoms with Gasteiger partial charge in [-0.15, -0.1) is 0 Å². The summed E-state index contributed by atoms with van der Waals surface area (Å²) < 4.78 is 34.3. The van der Waals surface area contributed by atoms with Gasteiger partial charge in [0.1, 0.15) is 5.75 Å². The smallest absolute Gasteiger partial charge is 0.330 e. The summed E-state index contributed by atoms with van der Waals surface area (Å²) in [5, 5.41) is 0. The number of anilines is 1. The number of benzene rings is 1. The van der Waals surface area contributed by atoms with Gasteiger partial charge in [0.2, 0.25) is 10.0 Å². The molecule has 0 unspecified atom stereocenters. The number of piperazine rings is 1. The SMILES string of the molecule is COc1cccc(N2CCN(S(=O)(=O)c3cn(C)c(=O)n(C)c3=O)CC2)c1. The minimum atomic E-state index is -3.98. The highest BCUT2D eigenvalue weighted by atomic mass is 32.2. The molecule has 0 amide bonds. The van der Waals surface area contributed by atoms with Crippen molar-refractivity contribution >= 4 is 15.7 Å². The van der Waals surface area contributed by atoms with Crippen LogP contribution in [0.25, 0.3) is 0 Å². The topological polar surface area (TPSA) is 93.8 Å². The van der Waals surface area contributed by atoms with Crippen LogP contribution >= 0.6 is 0 Å². The van der Waals surface area contributed by atoms with E-state index in [0.717, 1.165) is 26.8 Å². The van der Waals surface area contributed by atoms with Crippen molar-refractivity contribution in [3.8, 4) is 5.75 Å². The Hall–Kier alpha value is -2.59. The van der Waals surface area contributed by atoms with Gasteiger partial charge in [-0.1, -0.05) is 6.07 Å². The first-order valence-corrected chi connectivity index (χ1v) is 9.85. The summed E-state index contributed by atoms with van der Waals surface area (Å²) in [5.74, 6) is 0.733. The fourth-order valence-corrected chi connectivity index (χ4v) is 4.66. The highest BCUT2D eigenvalue weighted by molar-refractivity contribution is 7.89. The number of aromatic nitrogens is 2. The molecular weight excluding hydrogens is 372 g/mol. The molecule has 1 aromatic carbocycles. The minimum Gasteiger partial charge on any atom is -0.497 e. The van der Waals surface area contributed by atoms with Crippen LogP contribution in [0.5, 0.6) is 5.75 Å². The monoisotopic (exact) mass is 394 g/mol. The van der Waals surface area contributed by atoms with Crippen molar-refractivity contribution in [2.45, 2.75) is 4.90 Å². The largest absolute Gasteiger partial charge is 0.497 e. The van der Waals surface area contributed by atoms with Gasteiger partial charge >= 0.3 is 5.69 Å². The van der Waals surface area contributed by atoms with Crippen LogP contribution in [0, 0.1) is 0 Å². The van der Waals surface area contributed by atoms with Crippen molar-refractivity contribution in [1.29, 1.82) is 0 Å². The summed E-state index contributed by atoms with van der Waals surface area (Å²) >= 11 is 0. The van der Waals surface area contributed by atoms with Gasteiger partial charge in [-0.3, -0.25) is 9.36 Å². The summed E-state index contributed by atoms with van der Waals surface area (Å²) in [6.07, 6.45) is 1.09. The number of nitrogens with zero attached hydrogens (tertiary/aromatic N) is 4. The highest BCUT2D eigenvalue weighted by Crippen LogP contribution is 2.23. The van der Waals surface area contributed by atoms with Crippen molar-refractivity contribution in [3.05, 3.63) is 51.3 Å². The predicted molar refractivity (Wildman–Crippen MR) is 101 cm³/mol. The van der Waals surface area contributed by atoms with Crippen LogP contribution in [-0.4, -0.2) is 55.1 Å². The second kappa shape index (κ2) is 7.20. The molecule has 1 aliphatic heterocycles. The Bertz CT molecular complexity index is 1070. The van der Waals surface area contributed by atoms with E-state index in [4.69, 9.17) is 4.74 Å². The van der Waals surface area contributed by atoms with Crippen LogP contribution in [0.1, 0.15) is 0 Å². The third-order valence-electron chi connectivity index (χ3n) is 4.69. The Kier molecular flexibility index (Phi) is 5.11. The summed E-state index contributed by atoms with van der Waals surface area (Å²) in [7, 11) is 0.297. The summed E-state index contributed by atoms with van der Waals surface area (Å²) in [6, 6.07) is 7.56. The number of rotatable bonds is 4. The molecule has 146 valence electrons. The van der Waals surface area contributed by atoms with Crippen molar-refractivity contribution in [3.63, 3.8) is 0 Å². The quantitative estimate of drug-likeness (QED) is 0.701. The zero-order valence-electron chi connectivity index (χ0n) is 15.5. The van der Waals surface area contributed by atoms with Crippen LogP contribution in [0.15, 0.2) is 44.9 Å². The maximum Gasteiger partial charge on any atom is 0.330 e. The number of aryl methyl sites for hydroxylation is 1. The Morgan fingerprint density at radius 1 is 1.04 bits per heavy atom.